The van der Waals surface area contributed by atoms with E-state index in [1.54, 1.807) is 10.6 Å². The molecule has 1 aliphatic rings. The van der Waals surface area contributed by atoms with Gasteiger partial charge in [0, 0.05) is 12.0 Å². The third-order valence-corrected chi connectivity index (χ3v) is 3.77. The number of nitrogens with zero attached hydrogens (tertiary/aromatic N) is 3. The van der Waals surface area contributed by atoms with Crippen molar-refractivity contribution >= 4 is 28.2 Å². The number of hydrogen-bond acceptors (Lipinski definition) is 3. The molecule has 0 atom stereocenters. The van der Waals surface area contributed by atoms with Crippen LogP contribution >= 0.6 is 22.6 Å². The predicted octanol–water partition coefficient (Wildman–Crippen LogP) is 2.86. The smallest absolute Gasteiger partial charge is 0.272 e. The summed E-state index contributed by atoms with van der Waals surface area (Å²) in [4.78, 5) is 4.49. The number of rotatable bonds is 4. The molecule has 7 heteroatoms. The van der Waals surface area contributed by atoms with Crippen molar-refractivity contribution in [1.82, 2.24) is 14.6 Å². The van der Waals surface area contributed by atoms with Crippen LogP contribution in [0.25, 0.3) is 5.65 Å². The summed E-state index contributed by atoms with van der Waals surface area (Å²) in [6.07, 6.45) is 1.28. The number of alkyl halides is 2. The van der Waals surface area contributed by atoms with Gasteiger partial charge in [0.05, 0.1) is 11.9 Å². The van der Waals surface area contributed by atoms with Crippen molar-refractivity contribution in [3.8, 4) is 5.75 Å². The van der Waals surface area contributed by atoms with E-state index in [-0.39, 0.29) is 0 Å². The summed E-state index contributed by atoms with van der Waals surface area (Å²) in [5.74, 6) is 0.857. The number of hydrogen-bond donors (Lipinski definition) is 0. The number of imidazole rings is 1. The van der Waals surface area contributed by atoms with Gasteiger partial charge >= 0.3 is 0 Å². The molecule has 0 saturated heterocycles. The molecular weight excluding hydrogens is 355 g/mol. The molecule has 1 aliphatic carbocycles. The summed E-state index contributed by atoms with van der Waals surface area (Å²) in [5, 5.41) is 4.17. The fourth-order valence-corrected chi connectivity index (χ4v) is 2.70. The van der Waals surface area contributed by atoms with E-state index >= 15 is 0 Å². The zero-order chi connectivity index (χ0) is 12.7. The second-order valence-electron chi connectivity index (χ2n) is 4.23. The van der Waals surface area contributed by atoms with Crippen LogP contribution in [-0.4, -0.2) is 27.6 Å². The van der Waals surface area contributed by atoms with Crippen molar-refractivity contribution in [2.45, 2.75) is 25.2 Å². The van der Waals surface area contributed by atoms with Crippen molar-refractivity contribution < 1.29 is 13.5 Å². The highest BCUT2D eigenvalue weighted by atomic mass is 127. The Bertz CT molecular complexity index is 583. The highest BCUT2D eigenvalue weighted by molar-refractivity contribution is 14.1. The van der Waals surface area contributed by atoms with Gasteiger partial charge in [-0.1, -0.05) is 0 Å². The van der Waals surface area contributed by atoms with E-state index in [2.05, 4.69) is 32.7 Å². The van der Waals surface area contributed by atoms with E-state index in [1.165, 1.54) is 6.20 Å². The molecule has 0 N–H and O–H groups in total. The third-order valence-electron chi connectivity index (χ3n) is 2.76. The average molecular weight is 365 g/mol. The Kier molecular flexibility index (Phi) is 3.08. The molecule has 0 amide bonds. The van der Waals surface area contributed by atoms with Gasteiger partial charge < -0.3 is 4.74 Å². The lowest BCUT2D eigenvalue weighted by atomic mass is 10.3. The Morgan fingerprint density at radius 2 is 2.28 bits per heavy atom. The minimum Gasteiger partial charge on any atom is -0.486 e. The Hall–Kier alpha value is -0.990. The Balaban J connectivity index is 1.91. The minimum absolute atomic E-state index is 0.326. The molecule has 0 spiro atoms. The average Bonchev–Trinajstić information content (AvgIpc) is 3.13. The maximum Gasteiger partial charge on any atom is 0.272 e. The van der Waals surface area contributed by atoms with Crippen molar-refractivity contribution in [2.24, 2.45) is 0 Å². The normalized spacial score (nSPS) is 15.6. The lowest BCUT2D eigenvalue weighted by Crippen LogP contribution is -2.07. The number of halogens is 3. The summed E-state index contributed by atoms with van der Waals surface area (Å²) >= 11 is 2.21. The van der Waals surface area contributed by atoms with Gasteiger partial charge in [-0.15, -0.1) is 0 Å². The van der Waals surface area contributed by atoms with Gasteiger partial charge in [0.1, 0.15) is 16.1 Å². The van der Waals surface area contributed by atoms with Crippen LogP contribution in [0.5, 0.6) is 5.75 Å². The molecule has 2 aromatic rings. The van der Waals surface area contributed by atoms with Gasteiger partial charge in [0.2, 0.25) is 0 Å². The molecule has 1 saturated carbocycles. The summed E-state index contributed by atoms with van der Waals surface area (Å²) in [6.45, 7) is -0.620. The maximum atomic E-state index is 12.0. The van der Waals surface area contributed by atoms with Crippen LogP contribution in [0, 0.1) is 3.70 Å². The fraction of sp³-hybridized carbons (Fsp3) is 0.455. The highest BCUT2D eigenvalue weighted by Gasteiger charge is 2.29. The van der Waals surface area contributed by atoms with Crippen LogP contribution in [0.1, 0.15) is 24.5 Å². The molecule has 0 radical (unpaired) electrons. The first-order valence-electron chi connectivity index (χ1n) is 5.60. The van der Waals surface area contributed by atoms with Crippen molar-refractivity contribution in [1.29, 1.82) is 0 Å². The van der Waals surface area contributed by atoms with Crippen molar-refractivity contribution in [2.75, 3.05) is 6.61 Å². The van der Waals surface area contributed by atoms with Gasteiger partial charge in [-0.05, 0) is 35.4 Å². The molecule has 0 bridgehead atoms. The number of ether oxygens (including phenoxy) is 1. The zero-order valence-corrected chi connectivity index (χ0v) is 11.5. The molecule has 0 unspecified atom stereocenters. The summed E-state index contributed by atoms with van der Waals surface area (Å²) in [7, 11) is 0. The molecule has 2 heterocycles. The predicted molar refractivity (Wildman–Crippen MR) is 69.2 cm³/mol. The molecule has 3 rings (SSSR count). The SMILES string of the molecule is FC(F)COc1cnn2c(I)c(C3CC3)nc2c1. The van der Waals surface area contributed by atoms with Crippen LogP contribution in [0.4, 0.5) is 8.78 Å². The van der Waals surface area contributed by atoms with E-state index in [0.717, 1.165) is 22.2 Å². The second kappa shape index (κ2) is 4.60. The van der Waals surface area contributed by atoms with Gasteiger partial charge in [0.25, 0.3) is 6.43 Å². The quantitative estimate of drug-likeness (QED) is 0.783. The van der Waals surface area contributed by atoms with Crippen LogP contribution < -0.4 is 4.74 Å². The Morgan fingerprint density at radius 3 is 2.94 bits per heavy atom. The van der Waals surface area contributed by atoms with Gasteiger partial charge in [0.15, 0.2) is 5.65 Å². The molecule has 0 aliphatic heterocycles. The molecule has 2 aromatic heterocycles. The zero-order valence-electron chi connectivity index (χ0n) is 9.31. The first-order valence-corrected chi connectivity index (χ1v) is 6.68. The van der Waals surface area contributed by atoms with Crippen LogP contribution in [0.15, 0.2) is 12.3 Å². The molecular formula is C11H10F2IN3O. The van der Waals surface area contributed by atoms with Gasteiger partial charge in [-0.2, -0.15) is 5.10 Å². The van der Waals surface area contributed by atoms with E-state index in [4.69, 9.17) is 4.74 Å². The third kappa shape index (κ3) is 2.27. The fourth-order valence-electron chi connectivity index (χ4n) is 1.76. The first kappa shape index (κ1) is 12.1. The van der Waals surface area contributed by atoms with E-state index < -0.39 is 13.0 Å². The van der Waals surface area contributed by atoms with E-state index in [1.807, 2.05) is 0 Å². The summed E-state index contributed by atoms with van der Waals surface area (Å²) < 4.78 is 31.7. The Labute approximate surface area is 115 Å². The van der Waals surface area contributed by atoms with Crippen molar-refractivity contribution in [3.05, 3.63) is 21.7 Å². The minimum atomic E-state index is -2.48. The highest BCUT2D eigenvalue weighted by Crippen LogP contribution is 2.41. The van der Waals surface area contributed by atoms with Gasteiger partial charge in [-0.25, -0.2) is 18.3 Å². The maximum absolute atomic E-state index is 12.0. The molecule has 1 fully saturated rings. The molecule has 0 aromatic carbocycles. The number of aromatic nitrogens is 3. The summed E-state index contributed by atoms with van der Waals surface area (Å²) in [6, 6.07) is 1.64. The largest absolute Gasteiger partial charge is 0.486 e. The van der Waals surface area contributed by atoms with E-state index in [9.17, 15) is 8.78 Å². The summed E-state index contributed by atoms with van der Waals surface area (Å²) in [5.41, 5.74) is 1.70. The van der Waals surface area contributed by atoms with Crippen LogP contribution in [0.2, 0.25) is 0 Å². The van der Waals surface area contributed by atoms with Gasteiger partial charge in [-0.3, -0.25) is 0 Å². The van der Waals surface area contributed by atoms with Crippen molar-refractivity contribution in [3.63, 3.8) is 0 Å². The first-order chi connectivity index (χ1) is 8.65. The Morgan fingerprint density at radius 1 is 1.50 bits per heavy atom. The lowest BCUT2D eigenvalue weighted by Gasteiger charge is -2.04. The molecule has 18 heavy (non-hydrogen) atoms. The van der Waals surface area contributed by atoms with E-state index in [0.29, 0.717) is 17.3 Å². The monoisotopic (exact) mass is 365 g/mol. The topological polar surface area (TPSA) is 39.4 Å². The second-order valence-corrected chi connectivity index (χ2v) is 5.25. The molecule has 96 valence electrons. The number of fused-ring (bicyclic) bond motifs is 1. The van der Waals surface area contributed by atoms with Crippen LogP contribution in [0.3, 0.4) is 0 Å². The lowest BCUT2D eigenvalue weighted by molar-refractivity contribution is 0.0817. The van der Waals surface area contributed by atoms with Crippen LogP contribution in [-0.2, 0) is 0 Å². The standard InChI is InChI=1S/C11H10F2IN3O/c12-8(13)5-18-7-3-9-16-10(6-1-2-6)11(14)17(9)15-4-7/h3-4,6,8H,1-2,5H2. The molecule has 4 nitrogen and oxygen atoms in total.